The highest BCUT2D eigenvalue weighted by Gasteiger charge is 1.91. The first-order chi connectivity index (χ1) is 7.91. The van der Waals surface area contributed by atoms with Crippen molar-refractivity contribution in [3.8, 4) is 0 Å². The third kappa shape index (κ3) is 13.5. The summed E-state index contributed by atoms with van der Waals surface area (Å²) in [6.07, 6.45) is 21.0. The van der Waals surface area contributed by atoms with E-state index in [9.17, 15) is 0 Å². The summed E-state index contributed by atoms with van der Waals surface area (Å²) in [5.41, 5.74) is 0. The van der Waals surface area contributed by atoms with Crippen molar-refractivity contribution in [2.24, 2.45) is 0 Å². The molecule has 16 heavy (non-hydrogen) atoms. The quantitative estimate of drug-likeness (QED) is 0.286. The van der Waals surface area contributed by atoms with Gasteiger partial charge in [0.1, 0.15) is 0 Å². The summed E-state index contributed by atoms with van der Waals surface area (Å²) in [5, 5.41) is 0. The minimum atomic E-state index is 0.935. The van der Waals surface area contributed by atoms with Crippen molar-refractivity contribution in [1.29, 1.82) is 0 Å². The third-order valence-electron chi connectivity index (χ3n) is 2.86. The van der Waals surface area contributed by atoms with Gasteiger partial charge in [-0.25, -0.2) is 0 Å². The second kappa shape index (κ2) is 14.5. The molecule has 0 aliphatic heterocycles. The predicted octanol–water partition coefficient (Wildman–Crippen LogP) is 5.85. The molecule has 0 aromatic heterocycles. The first kappa shape index (κ1) is 15.5. The lowest BCUT2D eigenvalue weighted by Gasteiger charge is -2.00. The van der Waals surface area contributed by atoms with E-state index in [1.165, 1.54) is 64.2 Å². The number of allylic oxidation sites excluding steroid dienone is 3. The second-order valence-electron chi connectivity index (χ2n) is 4.45. The van der Waals surface area contributed by atoms with Crippen LogP contribution < -0.4 is 0 Å². The fourth-order valence-corrected chi connectivity index (χ4v) is 1.85. The van der Waals surface area contributed by atoms with Crippen LogP contribution >= 0.6 is 0 Å². The van der Waals surface area contributed by atoms with Crippen molar-refractivity contribution in [1.82, 2.24) is 0 Å². The summed E-state index contributed by atoms with van der Waals surface area (Å²) in [6, 6.07) is 0. The molecular weight excluding hydrogens is 192 g/mol. The van der Waals surface area contributed by atoms with E-state index in [1.807, 2.05) is 6.08 Å². The Bertz CT molecular complexity index is 155. The van der Waals surface area contributed by atoms with Crippen molar-refractivity contribution >= 4 is 0 Å². The molecule has 0 saturated carbocycles. The molecule has 0 aliphatic rings. The van der Waals surface area contributed by atoms with Crippen LogP contribution in [0.1, 0.15) is 70.6 Å². The molecule has 0 heteroatoms. The molecule has 0 unspecified atom stereocenters. The minimum absolute atomic E-state index is 0.935. The van der Waals surface area contributed by atoms with Gasteiger partial charge in [0.2, 0.25) is 0 Å². The monoisotopic (exact) mass is 221 g/mol. The van der Waals surface area contributed by atoms with E-state index in [0.29, 0.717) is 0 Å². The molecule has 0 saturated heterocycles. The zero-order valence-corrected chi connectivity index (χ0v) is 10.9. The average Bonchev–Trinajstić information content (AvgIpc) is 2.31. The van der Waals surface area contributed by atoms with Gasteiger partial charge in [0.25, 0.3) is 0 Å². The summed E-state index contributed by atoms with van der Waals surface area (Å²) < 4.78 is 0. The van der Waals surface area contributed by atoms with Gasteiger partial charge >= 0.3 is 0 Å². The standard InChI is InChI=1S/C16H29/c1-3-5-7-9-11-13-15-16-14-12-10-8-6-4-2/h3,6,8H,1-2,4-5,7,9-16H2. The zero-order valence-electron chi connectivity index (χ0n) is 10.9. The Morgan fingerprint density at radius 2 is 1.12 bits per heavy atom. The van der Waals surface area contributed by atoms with E-state index in [2.05, 4.69) is 25.7 Å². The van der Waals surface area contributed by atoms with Crippen LogP contribution in [0.2, 0.25) is 0 Å². The molecule has 0 amide bonds. The summed E-state index contributed by atoms with van der Waals surface area (Å²) >= 11 is 0. The molecular formula is C16H29. The SMILES string of the molecule is [CH2]CC=CCCCCCCCCCCC=C. The maximum atomic E-state index is 3.78. The summed E-state index contributed by atoms with van der Waals surface area (Å²) in [7, 11) is 0. The molecule has 93 valence electrons. The first-order valence-electron chi connectivity index (χ1n) is 6.97. The molecule has 0 N–H and O–H groups in total. The minimum Gasteiger partial charge on any atom is -0.103 e. The zero-order chi connectivity index (χ0) is 11.9. The molecule has 1 radical (unpaired) electrons. The highest BCUT2D eigenvalue weighted by molar-refractivity contribution is 4.81. The second-order valence-corrected chi connectivity index (χ2v) is 4.45. The Balaban J connectivity index is 2.93. The van der Waals surface area contributed by atoms with Gasteiger partial charge in [0.15, 0.2) is 0 Å². The fraction of sp³-hybridized carbons (Fsp3) is 0.688. The predicted molar refractivity (Wildman–Crippen MR) is 75.5 cm³/mol. The molecule has 0 heterocycles. The van der Waals surface area contributed by atoms with E-state index < -0.39 is 0 Å². The molecule has 0 aromatic carbocycles. The molecule has 0 fully saturated rings. The average molecular weight is 221 g/mol. The van der Waals surface area contributed by atoms with Gasteiger partial charge in [0, 0.05) is 0 Å². The summed E-state index contributed by atoms with van der Waals surface area (Å²) in [5.74, 6) is 0. The molecule has 0 rings (SSSR count). The first-order valence-corrected chi connectivity index (χ1v) is 6.97. The number of rotatable bonds is 12. The molecule has 0 nitrogen and oxygen atoms in total. The Morgan fingerprint density at radius 3 is 1.62 bits per heavy atom. The van der Waals surface area contributed by atoms with Gasteiger partial charge in [-0.15, -0.1) is 6.58 Å². The fourth-order valence-electron chi connectivity index (χ4n) is 1.85. The van der Waals surface area contributed by atoms with E-state index in [0.717, 1.165) is 6.42 Å². The molecule has 0 spiro atoms. The van der Waals surface area contributed by atoms with Crippen LogP contribution in [0, 0.1) is 6.92 Å². The highest BCUT2D eigenvalue weighted by Crippen LogP contribution is 2.10. The van der Waals surface area contributed by atoms with Crippen LogP contribution in [0.4, 0.5) is 0 Å². The lowest BCUT2D eigenvalue weighted by Crippen LogP contribution is -1.80. The van der Waals surface area contributed by atoms with Crippen molar-refractivity contribution in [3.63, 3.8) is 0 Å². The lowest BCUT2D eigenvalue weighted by molar-refractivity contribution is 0.571. The number of hydrogen-bond acceptors (Lipinski definition) is 0. The molecule has 0 atom stereocenters. The van der Waals surface area contributed by atoms with Gasteiger partial charge in [-0.3, -0.25) is 0 Å². The summed E-state index contributed by atoms with van der Waals surface area (Å²) in [4.78, 5) is 0. The van der Waals surface area contributed by atoms with Crippen molar-refractivity contribution in [3.05, 3.63) is 31.7 Å². The highest BCUT2D eigenvalue weighted by atomic mass is 14.0. The van der Waals surface area contributed by atoms with Crippen LogP contribution in [0.5, 0.6) is 0 Å². The van der Waals surface area contributed by atoms with E-state index in [4.69, 9.17) is 0 Å². The van der Waals surface area contributed by atoms with Gasteiger partial charge in [0.05, 0.1) is 0 Å². The Hall–Kier alpha value is -0.520. The Morgan fingerprint density at radius 1 is 0.625 bits per heavy atom. The van der Waals surface area contributed by atoms with Crippen molar-refractivity contribution < 1.29 is 0 Å². The van der Waals surface area contributed by atoms with Crippen LogP contribution in [-0.2, 0) is 0 Å². The summed E-state index contributed by atoms with van der Waals surface area (Å²) in [6.45, 7) is 7.52. The molecule has 0 bridgehead atoms. The van der Waals surface area contributed by atoms with Crippen molar-refractivity contribution in [2.75, 3.05) is 0 Å². The number of hydrogen-bond donors (Lipinski definition) is 0. The maximum Gasteiger partial charge on any atom is -0.0351 e. The third-order valence-corrected chi connectivity index (χ3v) is 2.86. The van der Waals surface area contributed by atoms with Gasteiger partial charge in [-0.2, -0.15) is 0 Å². The van der Waals surface area contributed by atoms with E-state index >= 15 is 0 Å². The lowest BCUT2D eigenvalue weighted by atomic mass is 10.1. The van der Waals surface area contributed by atoms with Crippen LogP contribution in [-0.4, -0.2) is 0 Å². The molecule has 0 aliphatic carbocycles. The van der Waals surface area contributed by atoms with Gasteiger partial charge in [-0.05, 0) is 39.0 Å². The van der Waals surface area contributed by atoms with E-state index in [-0.39, 0.29) is 0 Å². The Kier molecular flexibility index (Phi) is 14.0. The van der Waals surface area contributed by atoms with Crippen LogP contribution in [0.25, 0.3) is 0 Å². The Labute approximate surface area is 103 Å². The van der Waals surface area contributed by atoms with Gasteiger partial charge < -0.3 is 0 Å². The van der Waals surface area contributed by atoms with Crippen molar-refractivity contribution in [2.45, 2.75) is 70.6 Å². The molecule has 0 aromatic rings. The largest absolute Gasteiger partial charge is 0.103 e. The van der Waals surface area contributed by atoms with Gasteiger partial charge in [-0.1, -0.05) is 56.8 Å². The maximum absolute atomic E-state index is 3.78. The van der Waals surface area contributed by atoms with E-state index in [1.54, 1.807) is 0 Å². The number of unbranched alkanes of at least 4 members (excludes halogenated alkanes) is 9. The smallest absolute Gasteiger partial charge is 0.0351 e. The topological polar surface area (TPSA) is 0 Å². The van der Waals surface area contributed by atoms with Crippen LogP contribution in [0.3, 0.4) is 0 Å². The van der Waals surface area contributed by atoms with Crippen LogP contribution in [0.15, 0.2) is 24.8 Å². The normalized spacial score (nSPS) is 11.1.